The van der Waals surface area contributed by atoms with Gasteiger partial charge in [0.2, 0.25) is 0 Å². The molecule has 0 fully saturated rings. The number of fused-ring (bicyclic) bond motifs is 1. The van der Waals surface area contributed by atoms with E-state index in [1.807, 2.05) is 32.0 Å². The van der Waals surface area contributed by atoms with Crippen molar-refractivity contribution in [3.05, 3.63) is 62.8 Å². The smallest absolute Gasteiger partial charge is 0.127 e. The molecular formula is C22H26FN3O2. The Morgan fingerprint density at radius 3 is 2.57 bits per heavy atom. The minimum absolute atomic E-state index is 0.310. The molecule has 2 aromatic carbocycles. The van der Waals surface area contributed by atoms with Gasteiger partial charge in [0, 0.05) is 16.9 Å². The number of rotatable bonds is 6. The van der Waals surface area contributed by atoms with Crippen LogP contribution >= 0.6 is 0 Å². The minimum Gasteiger partial charge on any atom is -0.493 e. The van der Waals surface area contributed by atoms with E-state index < -0.39 is 11.6 Å². The van der Waals surface area contributed by atoms with Crippen LogP contribution in [0.3, 0.4) is 0 Å². The molecule has 1 atom stereocenters. The molecule has 0 radical (unpaired) electrons. The molecule has 0 heterocycles. The molecule has 0 saturated carbocycles. The molecule has 2 aromatic rings. The van der Waals surface area contributed by atoms with Gasteiger partial charge in [0.25, 0.3) is 0 Å². The van der Waals surface area contributed by atoms with Gasteiger partial charge < -0.3 is 9.84 Å². The van der Waals surface area contributed by atoms with Crippen molar-refractivity contribution < 1.29 is 14.2 Å². The Balaban J connectivity index is 1.96. The molecule has 0 aromatic heterocycles. The standard InChI is InChI=1S/C22H26FN3O2/c1-13-11-15(28-10-9-22(3,4)27)12-14(2)20(13)16-5-7-18(23)21-17(16)6-8-19(21)25-26-24/h5,7,11-12,19,27H,6,8-10H2,1-4H3/t19-/m1/s1. The topological polar surface area (TPSA) is 78.2 Å². The quantitative estimate of drug-likeness (QED) is 0.380. The molecule has 148 valence electrons. The predicted molar refractivity (Wildman–Crippen MR) is 108 cm³/mol. The molecule has 0 bridgehead atoms. The predicted octanol–water partition coefficient (Wildman–Crippen LogP) is 5.95. The van der Waals surface area contributed by atoms with E-state index in [1.165, 1.54) is 6.07 Å². The van der Waals surface area contributed by atoms with Crippen LogP contribution in [0.2, 0.25) is 0 Å². The van der Waals surface area contributed by atoms with E-state index in [0.29, 0.717) is 31.4 Å². The van der Waals surface area contributed by atoms with Gasteiger partial charge in [-0.05, 0) is 92.1 Å². The Morgan fingerprint density at radius 2 is 1.96 bits per heavy atom. The summed E-state index contributed by atoms with van der Waals surface area (Å²) in [4.78, 5) is 2.88. The van der Waals surface area contributed by atoms with Gasteiger partial charge in [-0.15, -0.1) is 0 Å². The van der Waals surface area contributed by atoms with Gasteiger partial charge in [0.05, 0.1) is 18.2 Å². The summed E-state index contributed by atoms with van der Waals surface area (Å²) in [5.41, 5.74) is 13.6. The van der Waals surface area contributed by atoms with Gasteiger partial charge >= 0.3 is 0 Å². The summed E-state index contributed by atoms with van der Waals surface area (Å²) in [5, 5.41) is 13.6. The van der Waals surface area contributed by atoms with Crippen LogP contribution in [-0.2, 0) is 6.42 Å². The van der Waals surface area contributed by atoms with Crippen molar-refractivity contribution >= 4 is 0 Å². The van der Waals surface area contributed by atoms with E-state index in [-0.39, 0.29) is 5.82 Å². The molecule has 28 heavy (non-hydrogen) atoms. The first kappa shape index (κ1) is 20.2. The minimum atomic E-state index is -0.763. The van der Waals surface area contributed by atoms with E-state index in [1.54, 1.807) is 13.8 Å². The third kappa shape index (κ3) is 4.13. The summed E-state index contributed by atoms with van der Waals surface area (Å²) in [6, 6.07) is 6.79. The van der Waals surface area contributed by atoms with E-state index in [0.717, 1.165) is 33.6 Å². The lowest BCUT2D eigenvalue weighted by Gasteiger charge is -2.19. The highest BCUT2D eigenvalue weighted by atomic mass is 19.1. The third-order valence-electron chi connectivity index (χ3n) is 5.25. The van der Waals surface area contributed by atoms with Gasteiger partial charge in [-0.2, -0.15) is 0 Å². The van der Waals surface area contributed by atoms with Crippen LogP contribution in [-0.4, -0.2) is 17.3 Å². The number of halogens is 1. The maximum absolute atomic E-state index is 14.4. The van der Waals surface area contributed by atoms with Crippen molar-refractivity contribution in [1.29, 1.82) is 0 Å². The van der Waals surface area contributed by atoms with Crippen molar-refractivity contribution in [1.82, 2.24) is 0 Å². The van der Waals surface area contributed by atoms with Crippen LogP contribution < -0.4 is 4.74 Å². The number of ether oxygens (including phenoxy) is 1. The van der Waals surface area contributed by atoms with Gasteiger partial charge in [0.15, 0.2) is 0 Å². The molecule has 1 N–H and O–H groups in total. The highest BCUT2D eigenvalue weighted by Crippen LogP contribution is 2.43. The van der Waals surface area contributed by atoms with Crippen molar-refractivity contribution in [2.75, 3.05) is 6.61 Å². The highest BCUT2D eigenvalue weighted by Gasteiger charge is 2.28. The molecule has 3 rings (SSSR count). The maximum Gasteiger partial charge on any atom is 0.127 e. The third-order valence-corrected chi connectivity index (χ3v) is 5.25. The van der Waals surface area contributed by atoms with Crippen molar-refractivity contribution in [2.45, 2.75) is 58.6 Å². The van der Waals surface area contributed by atoms with E-state index >= 15 is 0 Å². The lowest BCUT2D eigenvalue weighted by molar-refractivity contribution is 0.0553. The second-order valence-electron chi connectivity index (χ2n) is 8.09. The van der Waals surface area contributed by atoms with E-state index in [9.17, 15) is 9.50 Å². The van der Waals surface area contributed by atoms with Crippen LogP contribution in [0, 0.1) is 19.7 Å². The first-order valence-electron chi connectivity index (χ1n) is 9.53. The Bertz CT molecular complexity index is 921. The Kier molecular flexibility index (Phi) is 5.64. The first-order chi connectivity index (χ1) is 13.2. The van der Waals surface area contributed by atoms with Crippen LogP contribution in [0.15, 0.2) is 29.4 Å². The number of aliphatic hydroxyl groups is 1. The molecular weight excluding hydrogens is 357 g/mol. The summed E-state index contributed by atoms with van der Waals surface area (Å²) in [7, 11) is 0. The number of benzene rings is 2. The maximum atomic E-state index is 14.4. The van der Waals surface area contributed by atoms with Gasteiger partial charge in [-0.1, -0.05) is 11.2 Å². The van der Waals surface area contributed by atoms with E-state index in [4.69, 9.17) is 10.3 Å². The monoisotopic (exact) mass is 383 g/mol. The van der Waals surface area contributed by atoms with Crippen molar-refractivity contribution in [2.24, 2.45) is 5.11 Å². The van der Waals surface area contributed by atoms with Crippen LogP contribution in [0.25, 0.3) is 21.6 Å². The molecule has 1 aliphatic rings. The van der Waals surface area contributed by atoms with Crippen molar-refractivity contribution in [3.8, 4) is 16.9 Å². The van der Waals surface area contributed by atoms with E-state index in [2.05, 4.69) is 10.0 Å². The summed E-state index contributed by atoms with van der Waals surface area (Å²) in [6.45, 7) is 7.98. The second kappa shape index (κ2) is 7.82. The largest absolute Gasteiger partial charge is 0.493 e. The lowest BCUT2D eigenvalue weighted by atomic mass is 9.90. The second-order valence-corrected chi connectivity index (χ2v) is 8.09. The molecule has 0 amide bonds. The number of hydrogen-bond donors (Lipinski definition) is 1. The number of nitrogens with zero attached hydrogens (tertiary/aromatic N) is 3. The molecule has 1 aliphatic carbocycles. The Hall–Kier alpha value is -2.56. The van der Waals surface area contributed by atoms with Gasteiger partial charge in [-0.3, -0.25) is 0 Å². The summed E-state index contributed by atoms with van der Waals surface area (Å²) in [6.07, 6.45) is 1.86. The lowest BCUT2D eigenvalue weighted by Crippen LogP contribution is -2.21. The zero-order chi connectivity index (χ0) is 20.5. The molecule has 0 saturated heterocycles. The Morgan fingerprint density at radius 1 is 1.29 bits per heavy atom. The van der Waals surface area contributed by atoms with Crippen LogP contribution in [0.4, 0.5) is 4.39 Å². The number of hydrogen-bond acceptors (Lipinski definition) is 3. The fraction of sp³-hybridized carbons (Fsp3) is 0.455. The molecule has 6 heteroatoms. The average Bonchev–Trinajstić information content (AvgIpc) is 3.00. The van der Waals surface area contributed by atoms with Gasteiger partial charge in [0.1, 0.15) is 11.6 Å². The fourth-order valence-corrected chi connectivity index (χ4v) is 3.95. The molecule has 0 aliphatic heterocycles. The number of aryl methyl sites for hydroxylation is 2. The molecule has 5 nitrogen and oxygen atoms in total. The van der Waals surface area contributed by atoms with Gasteiger partial charge in [-0.25, -0.2) is 4.39 Å². The average molecular weight is 383 g/mol. The summed E-state index contributed by atoms with van der Waals surface area (Å²) in [5.74, 6) is 0.448. The van der Waals surface area contributed by atoms with Crippen LogP contribution in [0.1, 0.15) is 55.0 Å². The highest BCUT2D eigenvalue weighted by molar-refractivity contribution is 5.76. The zero-order valence-corrected chi connectivity index (χ0v) is 16.8. The Labute approximate surface area is 164 Å². The fourth-order valence-electron chi connectivity index (χ4n) is 3.95. The summed E-state index contributed by atoms with van der Waals surface area (Å²) >= 11 is 0. The summed E-state index contributed by atoms with van der Waals surface area (Å²) < 4.78 is 20.3. The molecule has 0 spiro atoms. The SMILES string of the molecule is Cc1cc(OCCC(C)(C)O)cc(C)c1-c1ccc(F)c2c1CC[C@H]2N=[N+]=[N-]. The number of azide groups is 1. The first-order valence-corrected chi connectivity index (χ1v) is 9.53. The normalized spacial score (nSPS) is 15.9. The van der Waals surface area contributed by atoms with Crippen molar-refractivity contribution in [3.63, 3.8) is 0 Å². The zero-order valence-electron chi connectivity index (χ0n) is 16.8. The molecule has 0 unspecified atom stereocenters. The van der Waals surface area contributed by atoms with Crippen LogP contribution in [0.5, 0.6) is 5.75 Å².